The van der Waals surface area contributed by atoms with Gasteiger partial charge in [0.1, 0.15) is 0 Å². The molecule has 0 fully saturated rings. The summed E-state index contributed by atoms with van der Waals surface area (Å²) in [6, 6.07) is 22.7. The molecule has 34 heavy (non-hydrogen) atoms. The predicted octanol–water partition coefficient (Wildman–Crippen LogP) is 5.68. The Labute approximate surface area is 202 Å². The molecule has 3 aromatic carbocycles. The molecule has 0 saturated heterocycles. The Morgan fingerprint density at radius 1 is 1.06 bits per heavy atom. The number of aromatic nitrogens is 2. The molecule has 1 atom stereocenters. The minimum Gasteiger partial charge on any atom is -0.394 e. The van der Waals surface area contributed by atoms with Gasteiger partial charge < -0.3 is 15.4 Å². The number of carbonyl (C=O) groups excluding carboxylic acids is 1. The second-order valence-electron chi connectivity index (χ2n) is 8.45. The fourth-order valence-corrected chi connectivity index (χ4v) is 4.42. The van der Waals surface area contributed by atoms with Crippen molar-refractivity contribution >= 4 is 39.3 Å². The fraction of sp³-hybridized carbons (Fsp3) is 0.143. The number of aliphatic hydroxyl groups is 1. The van der Waals surface area contributed by atoms with E-state index in [4.69, 9.17) is 16.6 Å². The fourth-order valence-electron chi connectivity index (χ4n) is 4.31. The van der Waals surface area contributed by atoms with Crippen molar-refractivity contribution in [1.82, 2.24) is 15.3 Å². The standard InChI is InChI=1S/C28H24ClN3O2/c1-17-12-18(10-11-24(17)29)27-14-23(22-7-3-5-9-26(22)32-27)28(34)31-20(16-33)13-19-15-30-25-8-4-2-6-21(19)25/h2-12,14-15,20,30,33H,13,16H2,1H3,(H,31,34). The van der Waals surface area contributed by atoms with Crippen LogP contribution in [0.4, 0.5) is 0 Å². The van der Waals surface area contributed by atoms with E-state index in [1.165, 1.54) is 0 Å². The summed E-state index contributed by atoms with van der Waals surface area (Å²) in [7, 11) is 0. The van der Waals surface area contributed by atoms with Crippen LogP contribution >= 0.6 is 11.6 Å². The van der Waals surface area contributed by atoms with E-state index in [0.717, 1.165) is 38.5 Å². The van der Waals surface area contributed by atoms with Gasteiger partial charge in [0.15, 0.2) is 0 Å². The number of benzene rings is 3. The van der Waals surface area contributed by atoms with E-state index in [9.17, 15) is 9.90 Å². The largest absolute Gasteiger partial charge is 0.394 e. The molecule has 2 heterocycles. The SMILES string of the molecule is Cc1cc(-c2cc(C(=O)NC(CO)Cc3c[nH]c4ccccc34)c3ccccc3n2)ccc1Cl. The summed E-state index contributed by atoms with van der Waals surface area (Å²) in [5.74, 6) is -0.246. The Morgan fingerprint density at radius 3 is 2.62 bits per heavy atom. The van der Waals surface area contributed by atoms with Crippen LogP contribution in [0.5, 0.6) is 0 Å². The van der Waals surface area contributed by atoms with E-state index >= 15 is 0 Å². The lowest BCUT2D eigenvalue weighted by molar-refractivity contribution is 0.0918. The molecule has 0 radical (unpaired) electrons. The zero-order valence-corrected chi connectivity index (χ0v) is 19.4. The van der Waals surface area contributed by atoms with Gasteiger partial charge in [0, 0.05) is 33.1 Å². The average molecular weight is 470 g/mol. The first kappa shape index (κ1) is 22.1. The smallest absolute Gasteiger partial charge is 0.252 e. The minimum absolute atomic E-state index is 0.169. The first-order chi connectivity index (χ1) is 16.5. The third kappa shape index (κ3) is 4.28. The molecule has 3 N–H and O–H groups in total. The molecule has 5 aromatic rings. The number of aromatic amines is 1. The van der Waals surface area contributed by atoms with Crippen LogP contribution in [0.2, 0.25) is 5.02 Å². The molecular weight excluding hydrogens is 446 g/mol. The maximum Gasteiger partial charge on any atom is 0.252 e. The van der Waals surface area contributed by atoms with Crippen molar-refractivity contribution in [3.63, 3.8) is 0 Å². The summed E-state index contributed by atoms with van der Waals surface area (Å²) >= 11 is 6.20. The van der Waals surface area contributed by atoms with Crippen LogP contribution in [0.25, 0.3) is 33.1 Å². The second-order valence-corrected chi connectivity index (χ2v) is 8.86. The molecule has 5 nitrogen and oxygen atoms in total. The molecular formula is C28H24ClN3O2. The number of hydrogen-bond donors (Lipinski definition) is 3. The number of para-hydroxylation sites is 2. The molecule has 5 rings (SSSR count). The molecule has 1 amide bonds. The van der Waals surface area contributed by atoms with Gasteiger partial charge in [-0.1, -0.05) is 54.1 Å². The van der Waals surface area contributed by atoms with Crippen molar-refractivity contribution in [1.29, 1.82) is 0 Å². The minimum atomic E-state index is -0.431. The normalized spacial score (nSPS) is 12.2. The summed E-state index contributed by atoms with van der Waals surface area (Å²) in [5.41, 5.74) is 5.86. The van der Waals surface area contributed by atoms with Crippen LogP contribution in [0.1, 0.15) is 21.5 Å². The highest BCUT2D eigenvalue weighted by molar-refractivity contribution is 6.31. The first-order valence-corrected chi connectivity index (χ1v) is 11.5. The highest BCUT2D eigenvalue weighted by Crippen LogP contribution is 2.28. The molecule has 1 unspecified atom stereocenters. The van der Waals surface area contributed by atoms with Gasteiger partial charge in [-0.3, -0.25) is 4.79 Å². The Bertz CT molecular complexity index is 1510. The average Bonchev–Trinajstić information content (AvgIpc) is 3.27. The van der Waals surface area contributed by atoms with Crippen LogP contribution in [0.3, 0.4) is 0 Å². The summed E-state index contributed by atoms with van der Waals surface area (Å²) < 4.78 is 0. The molecule has 0 spiro atoms. The third-order valence-corrected chi connectivity index (χ3v) is 6.54. The number of aliphatic hydroxyl groups excluding tert-OH is 1. The molecule has 0 saturated carbocycles. The van der Waals surface area contributed by atoms with E-state index in [-0.39, 0.29) is 12.5 Å². The van der Waals surface area contributed by atoms with Gasteiger partial charge in [0.2, 0.25) is 0 Å². The zero-order chi connectivity index (χ0) is 23.7. The van der Waals surface area contributed by atoms with Gasteiger partial charge in [0.25, 0.3) is 5.91 Å². The van der Waals surface area contributed by atoms with E-state index in [0.29, 0.717) is 22.7 Å². The van der Waals surface area contributed by atoms with Gasteiger partial charge in [0.05, 0.1) is 29.4 Å². The van der Waals surface area contributed by atoms with Crippen molar-refractivity contribution < 1.29 is 9.90 Å². The van der Waals surface area contributed by atoms with Crippen LogP contribution in [0, 0.1) is 6.92 Å². The Morgan fingerprint density at radius 2 is 1.82 bits per heavy atom. The summed E-state index contributed by atoms with van der Waals surface area (Å²) in [5, 5.41) is 15.6. The Hall–Kier alpha value is -3.67. The second kappa shape index (κ2) is 9.29. The maximum atomic E-state index is 13.4. The van der Waals surface area contributed by atoms with Gasteiger partial charge in [-0.25, -0.2) is 4.98 Å². The highest BCUT2D eigenvalue weighted by Gasteiger charge is 2.19. The Balaban J connectivity index is 1.48. The molecule has 170 valence electrons. The summed E-state index contributed by atoms with van der Waals surface area (Å²) in [6.45, 7) is 1.77. The number of amides is 1. The number of nitrogens with one attached hydrogen (secondary N) is 2. The van der Waals surface area contributed by atoms with Crippen LogP contribution in [-0.2, 0) is 6.42 Å². The number of aryl methyl sites for hydroxylation is 1. The molecule has 0 aliphatic heterocycles. The quantitative estimate of drug-likeness (QED) is 0.299. The lowest BCUT2D eigenvalue weighted by Crippen LogP contribution is -2.39. The van der Waals surface area contributed by atoms with Crippen molar-refractivity contribution in [2.24, 2.45) is 0 Å². The first-order valence-electron chi connectivity index (χ1n) is 11.2. The summed E-state index contributed by atoms with van der Waals surface area (Å²) in [6.07, 6.45) is 2.45. The molecule has 0 aliphatic rings. The number of carbonyl (C=O) groups is 1. The van der Waals surface area contributed by atoms with Gasteiger partial charge in [-0.15, -0.1) is 0 Å². The molecule has 0 aliphatic carbocycles. The number of halogens is 1. The summed E-state index contributed by atoms with van der Waals surface area (Å²) in [4.78, 5) is 21.5. The number of pyridine rings is 1. The van der Waals surface area contributed by atoms with E-state index < -0.39 is 6.04 Å². The number of nitrogens with zero attached hydrogens (tertiary/aromatic N) is 1. The van der Waals surface area contributed by atoms with E-state index in [2.05, 4.69) is 10.3 Å². The number of hydrogen-bond acceptors (Lipinski definition) is 3. The molecule has 6 heteroatoms. The monoisotopic (exact) mass is 469 g/mol. The van der Waals surface area contributed by atoms with E-state index in [1.807, 2.05) is 79.9 Å². The van der Waals surface area contributed by atoms with E-state index in [1.54, 1.807) is 6.07 Å². The lowest BCUT2D eigenvalue weighted by atomic mass is 10.0. The number of fused-ring (bicyclic) bond motifs is 2. The number of H-pyrrole nitrogens is 1. The topological polar surface area (TPSA) is 78.0 Å². The predicted molar refractivity (Wildman–Crippen MR) is 137 cm³/mol. The van der Waals surface area contributed by atoms with Crippen LogP contribution in [-0.4, -0.2) is 33.6 Å². The van der Waals surface area contributed by atoms with Gasteiger partial charge >= 0.3 is 0 Å². The van der Waals surface area contributed by atoms with Crippen molar-refractivity contribution in [3.05, 3.63) is 101 Å². The zero-order valence-electron chi connectivity index (χ0n) is 18.7. The van der Waals surface area contributed by atoms with Crippen molar-refractivity contribution in [2.75, 3.05) is 6.61 Å². The van der Waals surface area contributed by atoms with Gasteiger partial charge in [-0.05, 0) is 54.8 Å². The van der Waals surface area contributed by atoms with Crippen LogP contribution < -0.4 is 5.32 Å². The molecule has 2 aromatic heterocycles. The highest BCUT2D eigenvalue weighted by atomic mass is 35.5. The third-order valence-electron chi connectivity index (χ3n) is 6.11. The maximum absolute atomic E-state index is 13.4. The number of rotatable bonds is 6. The van der Waals surface area contributed by atoms with Crippen molar-refractivity contribution in [2.45, 2.75) is 19.4 Å². The van der Waals surface area contributed by atoms with Crippen LogP contribution in [0.15, 0.2) is 79.0 Å². The van der Waals surface area contributed by atoms with Crippen molar-refractivity contribution in [3.8, 4) is 11.3 Å². The Kier molecular flexibility index (Phi) is 6.05. The van der Waals surface area contributed by atoms with Gasteiger partial charge in [-0.2, -0.15) is 0 Å². The molecule has 0 bridgehead atoms. The lowest BCUT2D eigenvalue weighted by Gasteiger charge is -2.17.